The maximum atomic E-state index is 12.6. The lowest BCUT2D eigenvalue weighted by molar-refractivity contribution is 0.0186. The van der Waals surface area contributed by atoms with Crippen molar-refractivity contribution in [1.82, 2.24) is 24.6 Å². The number of hydrogen-bond donors (Lipinski definition) is 1. The monoisotopic (exact) mass is 548 g/mol. The predicted molar refractivity (Wildman–Crippen MR) is 152 cm³/mol. The molecule has 0 saturated carbocycles. The number of nitrogens with one attached hydrogen (secondary N) is 1. The van der Waals surface area contributed by atoms with E-state index in [1.165, 1.54) is 0 Å². The highest BCUT2D eigenvalue weighted by molar-refractivity contribution is 6.30. The average molecular weight is 549 g/mol. The predicted octanol–water partition coefficient (Wildman–Crippen LogP) is 6.34. The van der Waals surface area contributed by atoms with Gasteiger partial charge in [-0.15, -0.1) is 0 Å². The van der Waals surface area contributed by atoms with E-state index in [9.17, 15) is 4.79 Å². The van der Waals surface area contributed by atoms with Gasteiger partial charge in [-0.25, -0.2) is 19.4 Å². The van der Waals surface area contributed by atoms with Crippen LogP contribution in [0.25, 0.3) is 22.4 Å². The third-order valence-electron chi connectivity index (χ3n) is 6.64. The third-order valence-corrected chi connectivity index (χ3v) is 6.89. The first-order valence-electron chi connectivity index (χ1n) is 13.1. The highest BCUT2D eigenvalue weighted by Gasteiger charge is 2.29. The van der Waals surface area contributed by atoms with Crippen LogP contribution in [0.1, 0.15) is 45.2 Å². The Balaban J connectivity index is 1.42. The number of methoxy groups -OCH3 is 1. The Morgan fingerprint density at radius 3 is 2.38 bits per heavy atom. The molecule has 1 aliphatic rings. The van der Waals surface area contributed by atoms with Gasteiger partial charge in [0.25, 0.3) is 0 Å². The van der Waals surface area contributed by atoms with E-state index >= 15 is 0 Å². The maximum absolute atomic E-state index is 12.6. The largest absolute Gasteiger partial charge is 0.497 e. The van der Waals surface area contributed by atoms with Gasteiger partial charge in [-0.2, -0.15) is 5.10 Å². The molecule has 2 aromatic heterocycles. The highest BCUT2D eigenvalue weighted by Crippen LogP contribution is 2.31. The Morgan fingerprint density at radius 2 is 1.74 bits per heavy atom. The van der Waals surface area contributed by atoms with Gasteiger partial charge >= 0.3 is 6.09 Å². The van der Waals surface area contributed by atoms with Gasteiger partial charge in [-0.1, -0.05) is 23.7 Å². The number of benzene rings is 2. The van der Waals surface area contributed by atoms with E-state index in [1.807, 2.05) is 80.2 Å². The van der Waals surface area contributed by atoms with E-state index in [4.69, 9.17) is 36.1 Å². The van der Waals surface area contributed by atoms with Gasteiger partial charge in [-0.05, 0) is 75.6 Å². The minimum absolute atomic E-state index is 0.101. The van der Waals surface area contributed by atoms with Gasteiger partial charge < -0.3 is 19.7 Å². The summed E-state index contributed by atoms with van der Waals surface area (Å²) in [6, 6.07) is 15.5. The van der Waals surface area contributed by atoms with E-state index in [0.717, 1.165) is 40.8 Å². The van der Waals surface area contributed by atoms with Crippen LogP contribution >= 0.6 is 11.6 Å². The lowest BCUT2D eigenvalue weighted by Gasteiger charge is -2.33. The van der Waals surface area contributed by atoms with Crippen molar-refractivity contribution >= 4 is 34.5 Å². The Labute approximate surface area is 233 Å². The number of halogens is 1. The van der Waals surface area contributed by atoms with Crippen LogP contribution in [0.5, 0.6) is 5.75 Å². The van der Waals surface area contributed by atoms with Crippen molar-refractivity contribution in [3.05, 3.63) is 65.3 Å². The second-order valence-corrected chi connectivity index (χ2v) is 11.1. The average Bonchev–Trinajstić information content (AvgIpc) is 3.36. The highest BCUT2D eigenvalue weighted by atomic mass is 35.5. The number of likely N-dealkylation sites (tertiary alicyclic amines) is 1. The molecular weight excluding hydrogens is 516 g/mol. The molecular formula is C29H33ClN6O3. The van der Waals surface area contributed by atoms with E-state index in [-0.39, 0.29) is 12.1 Å². The maximum Gasteiger partial charge on any atom is 0.410 e. The van der Waals surface area contributed by atoms with E-state index in [2.05, 4.69) is 5.32 Å². The van der Waals surface area contributed by atoms with Gasteiger partial charge in [0.15, 0.2) is 11.5 Å². The van der Waals surface area contributed by atoms with Gasteiger partial charge in [0.1, 0.15) is 17.2 Å². The molecule has 1 amide bonds. The first-order valence-corrected chi connectivity index (χ1v) is 13.4. The molecule has 1 N–H and O–H groups in total. The zero-order valence-electron chi connectivity index (χ0n) is 22.6. The number of fused-ring (bicyclic) bond motifs is 1. The summed E-state index contributed by atoms with van der Waals surface area (Å²) in [6.07, 6.45) is 3.05. The Kier molecular flexibility index (Phi) is 7.61. The Bertz CT molecular complexity index is 1440. The van der Waals surface area contributed by atoms with Gasteiger partial charge in [0.05, 0.1) is 24.7 Å². The number of carbonyl (C=O) groups excluding carboxylic acids is 1. The lowest BCUT2D eigenvalue weighted by atomic mass is 10.1. The van der Waals surface area contributed by atoms with Crippen LogP contribution < -0.4 is 10.1 Å². The van der Waals surface area contributed by atoms with Crippen molar-refractivity contribution < 1.29 is 14.3 Å². The summed E-state index contributed by atoms with van der Waals surface area (Å²) in [6.45, 7) is 7.41. The minimum Gasteiger partial charge on any atom is -0.497 e. The fourth-order valence-electron chi connectivity index (χ4n) is 4.60. The van der Waals surface area contributed by atoms with Crippen molar-refractivity contribution in [2.24, 2.45) is 0 Å². The van der Waals surface area contributed by atoms with Gasteiger partial charge in [-0.3, -0.25) is 0 Å². The number of hydrogen-bond acceptors (Lipinski definition) is 7. The first-order chi connectivity index (χ1) is 18.7. The number of carbonyl (C=O) groups is 1. The van der Waals surface area contributed by atoms with Crippen LogP contribution in [-0.4, -0.2) is 56.5 Å². The van der Waals surface area contributed by atoms with E-state index in [1.54, 1.807) is 12.0 Å². The molecule has 204 valence electrons. The molecule has 1 fully saturated rings. The summed E-state index contributed by atoms with van der Waals surface area (Å²) in [5, 5.41) is 9.72. The third kappa shape index (κ3) is 6.25. The van der Waals surface area contributed by atoms with Crippen molar-refractivity contribution in [2.45, 2.75) is 51.8 Å². The first kappa shape index (κ1) is 26.7. The van der Waals surface area contributed by atoms with Crippen LogP contribution in [0.2, 0.25) is 5.02 Å². The number of rotatable bonds is 6. The number of nitrogens with zero attached hydrogens (tertiary/aromatic N) is 5. The molecule has 0 unspecified atom stereocenters. The summed E-state index contributed by atoms with van der Waals surface area (Å²) < 4.78 is 12.8. The standard InChI is InChI=1S/C29H33ClN6O3/c1-29(2,3)39-28(37)35-15-13-22(14-16-35)36-27-24(18-32-36)26(31-17-19-5-11-23(38-4)12-6-19)33-25(34-27)20-7-9-21(30)10-8-20/h5-12,18,22H,13-17H2,1-4H3,(H,31,33,34). The molecule has 0 radical (unpaired) electrons. The second-order valence-electron chi connectivity index (χ2n) is 10.6. The number of aromatic nitrogens is 4. The summed E-state index contributed by atoms with van der Waals surface area (Å²) >= 11 is 6.13. The van der Waals surface area contributed by atoms with Crippen LogP contribution in [0.3, 0.4) is 0 Å². The SMILES string of the molecule is COc1ccc(CNc2nc(-c3ccc(Cl)cc3)nc3c2cnn3C2CCN(C(=O)OC(C)(C)C)CC2)cc1. The zero-order chi connectivity index (χ0) is 27.6. The van der Waals surface area contributed by atoms with Crippen molar-refractivity contribution in [1.29, 1.82) is 0 Å². The number of amides is 1. The van der Waals surface area contributed by atoms with Gasteiger partial charge in [0, 0.05) is 30.2 Å². The number of ether oxygens (including phenoxy) is 2. The summed E-state index contributed by atoms with van der Waals surface area (Å²) in [5.41, 5.74) is 2.19. The van der Waals surface area contributed by atoms with Gasteiger partial charge in [0.2, 0.25) is 0 Å². The molecule has 5 rings (SSSR count). The lowest BCUT2D eigenvalue weighted by Crippen LogP contribution is -2.42. The fourth-order valence-corrected chi connectivity index (χ4v) is 4.73. The summed E-state index contributed by atoms with van der Waals surface area (Å²) in [7, 11) is 1.65. The Morgan fingerprint density at radius 1 is 1.05 bits per heavy atom. The molecule has 10 heteroatoms. The normalized spacial score (nSPS) is 14.4. The summed E-state index contributed by atoms with van der Waals surface area (Å²) in [4.78, 5) is 24.1. The molecule has 9 nitrogen and oxygen atoms in total. The summed E-state index contributed by atoms with van der Waals surface area (Å²) in [5.74, 6) is 2.11. The van der Waals surface area contributed by atoms with Crippen LogP contribution in [0, 0.1) is 0 Å². The molecule has 3 heterocycles. The molecule has 1 saturated heterocycles. The van der Waals surface area contributed by atoms with Crippen LogP contribution in [0.15, 0.2) is 54.7 Å². The molecule has 2 aromatic carbocycles. The smallest absolute Gasteiger partial charge is 0.410 e. The molecule has 1 aliphatic heterocycles. The topological polar surface area (TPSA) is 94.4 Å². The van der Waals surface area contributed by atoms with Crippen LogP contribution in [-0.2, 0) is 11.3 Å². The number of piperidine rings is 1. The Hall–Kier alpha value is -3.85. The van der Waals surface area contributed by atoms with E-state index in [0.29, 0.717) is 36.3 Å². The van der Waals surface area contributed by atoms with Crippen molar-refractivity contribution in [3.63, 3.8) is 0 Å². The second kappa shape index (κ2) is 11.1. The molecule has 0 spiro atoms. The molecule has 0 atom stereocenters. The zero-order valence-corrected chi connectivity index (χ0v) is 23.4. The van der Waals surface area contributed by atoms with E-state index < -0.39 is 5.60 Å². The molecule has 0 bridgehead atoms. The molecule has 0 aliphatic carbocycles. The van der Waals surface area contributed by atoms with Crippen molar-refractivity contribution in [3.8, 4) is 17.1 Å². The minimum atomic E-state index is -0.518. The molecule has 4 aromatic rings. The number of anilines is 1. The quantitative estimate of drug-likeness (QED) is 0.300. The van der Waals surface area contributed by atoms with Crippen LogP contribution in [0.4, 0.5) is 10.6 Å². The van der Waals surface area contributed by atoms with Crippen molar-refractivity contribution in [2.75, 3.05) is 25.5 Å². The fraction of sp³-hybridized carbons (Fsp3) is 0.379. The molecule has 39 heavy (non-hydrogen) atoms.